The molecule has 1 aromatic carbocycles. The fourth-order valence-corrected chi connectivity index (χ4v) is 2.35. The van der Waals surface area contributed by atoms with E-state index in [4.69, 9.17) is 4.74 Å². The summed E-state index contributed by atoms with van der Waals surface area (Å²) in [5.74, 6) is 0.828. The Balaban J connectivity index is 0.00000242. The van der Waals surface area contributed by atoms with Crippen LogP contribution in [0.3, 0.4) is 0 Å². The minimum Gasteiger partial charge on any atom is -0.497 e. The quantitative estimate of drug-likeness (QED) is 0.701. The van der Waals surface area contributed by atoms with Crippen LogP contribution in [-0.4, -0.2) is 44.6 Å². The number of ether oxygens (including phenoxy) is 2. The van der Waals surface area contributed by atoms with Gasteiger partial charge in [-0.2, -0.15) is 8.78 Å². The minimum absolute atomic E-state index is 0. The van der Waals surface area contributed by atoms with Crippen LogP contribution in [0.4, 0.5) is 8.78 Å². The number of hydrogen-bond acceptors (Lipinski definition) is 5. The van der Waals surface area contributed by atoms with Crippen molar-refractivity contribution >= 4 is 12.4 Å². The Morgan fingerprint density at radius 1 is 1.41 bits per heavy atom. The molecule has 0 aromatic heterocycles. The van der Waals surface area contributed by atoms with E-state index in [2.05, 4.69) is 15.4 Å². The van der Waals surface area contributed by atoms with Crippen LogP contribution < -0.4 is 20.1 Å². The molecule has 1 aliphatic rings. The summed E-state index contributed by atoms with van der Waals surface area (Å²) < 4.78 is 34.4. The van der Waals surface area contributed by atoms with Gasteiger partial charge in [-0.15, -0.1) is 12.4 Å². The van der Waals surface area contributed by atoms with Gasteiger partial charge in [-0.25, -0.2) is 0 Å². The molecule has 1 aliphatic heterocycles. The third kappa shape index (κ3) is 5.24. The van der Waals surface area contributed by atoms with Gasteiger partial charge in [0.2, 0.25) is 0 Å². The molecule has 1 heterocycles. The van der Waals surface area contributed by atoms with Gasteiger partial charge in [-0.3, -0.25) is 0 Å². The second-order valence-corrected chi connectivity index (χ2v) is 4.97. The molecule has 2 unspecified atom stereocenters. The van der Waals surface area contributed by atoms with E-state index in [0.29, 0.717) is 30.9 Å². The predicted molar refractivity (Wildman–Crippen MR) is 80.9 cm³/mol. The molecule has 0 amide bonds. The number of nitrogens with one attached hydrogen (secondary N) is 2. The van der Waals surface area contributed by atoms with Crippen LogP contribution in [0.25, 0.3) is 0 Å². The number of rotatable bonds is 7. The number of β-amino-alcohol motifs (C(OH)–C–C–N with tert-alkyl or cyclic N) is 1. The fraction of sp³-hybridized carbons (Fsp3) is 0.571. The smallest absolute Gasteiger partial charge is 0.387 e. The highest BCUT2D eigenvalue weighted by molar-refractivity contribution is 5.85. The van der Waals surface area contributed by atoms with Gasteiger partial charge in [0.15, 0.2) is 0 Å². The molecule has 0 bridgehead atoms. The normalized spacial score (nSPS) is 20.8. The zero-order valence-electron chi connectivity index (χ0n) is 12.2. The van der Waals surface area contributed by atoms with E-state index < -0.39 is 6.61 Å². The summed E-state index contributed by atoms with van der Waals surface area (Å²) in [5.41, 5.74) is 0.593. The first kappa shape index (κ1) is 18.9. The summed E-state index contributed by atoms with van der Waals surface area (Å²) in [6.45, 7) is -0.571. The third-order valence-electron chi connectivity index (χ3n) is 3.51. The lowest BCUT2D eigenvalue weighted by molar-refractivity contribution is -0.0505. The lowest BCUT2D eigenvalue weighted by Gasteiger charge is -2.16. The number of hydrogen-bond donors (Lipinski definition) is 3. The summed E-state index contributed by atoms with van der Waals surface area (Å²) in [4.78, 5) is 0. The van der Waals surface area contributed by atoms with E-state index in [1.54, 1.807) is 12.1 Å². The van der Waals surface area contributed by atoms with Crippen molar-refractivity contribution in [2.45, 2.75) is 19.3 Å². The highest BCUT2D eigenvalue weighted by Crippen LogP contribution is 2.25. The Hall–Kier alpha value is -1.15. The van der Waals surface area contributed by atoms with Crippen LogP contribution in [0, 0.1) is 5.92 Å². The maximum Gasteiger partial charge on any atom is 0.387 e. The lowest BCUT2D eigenvalue weighted by Crippen LogP contribution is -2.30. The maximum atomic E-state index is 12.4. The van der Waals surface area contributed by atoms with Gasteiger partial charge < -0.3 is 25.2 Å². The standard InChI is InChI=1S/C14H20F2N2O3.ClH/c1-20-11-2-3-13(21-14(15)16)9(4-11)5-17-6-10-7-18-8-12(10)19;/h2-4,10,12,14,17-19H,5-8H2,1H3;1H. The van der Waals surface area contributed by atoms with Crippen LogP contribution >= 0.6 is 12.4 Å². The zero-order chi connectivity index (χ0) is 15.2. The second-order valence-electron chi connectivity index (χ2n) is 4.97. The van der Waals surface area contributed by atoms with E-state index in [0.717, 1.165) is 6.54 Å². The minimum atomic E-state index is -2.86. The number of benzene rings is 1. The first-order valence-electron chi connectivity index (χ1n) is 6.81. The summed E-state index contributed by atoms with van der Waals surface area (Å²) in [6, 6.07) is 4.70. The van der Waals surface area contributed by atoms with Gasteiger partial charge in [-0.1, -0.05) is 0 Å². The van der Waals surface area contributed by atoms with E-state index in [1.807, 2.05) is 0 Å². The highest BCUT2D eigenvalue weighted by Gasteiger charge is 2.24. The topological polar surface area (TPSA) is 62.8 Å². The summed E-state index contributed by atoms with van der Waals surface area (Å²) in [7, 11) is 1.51. The van der Waals surface area contributed by atoms with E-state index in [-0.39, 0.29) is 30.2 Å². The molecule has 1 aromatic rings. The highest BCUT2D eigenvalue weighted by atomic mass is 35.5. The summed E-state index contributed by atoms with van der Waals surface area (Å²) >= 11 is 0. The Bertz CT molecular complexity index is 466. The maximum absolute atomic E-state index is 12.4. The Labute approximate surface area is 134 Å². The van der Waals surface area contributed by atoms with Crippen LogP contribution in [-0.2, 0) is 6.54 Å². The molecule has 8 heteroatoms. The molecule has 0 spiro atoms. The molecule has 2 atom stereocenters. The number of methoxy groups -OCH3 is 1. The molecule has 2 rings (SSSR count). The van der Waals surface area contributed by atoms with Crippen molar-refractivity contribution in [3.8, 4) is 11.5 Å². The SMILES string of the molecule is COc1ccc(OC(F)F)c(CNCC2CNCC2O)c1.Cl. The van der Waals surface area contributed by atoms with Crippen molar-refractivity contribution in [1.29, 1.82) is 0 Å². The van der Waals surface area contributed by atoms with Crippen molar-refractivity contribution in [2.75, 3.05) is 26.7 Å². The number of aliphatic hydroxyl groups excluding tert-OH is 1. The van der Waals surface area contributed by atoms with Gasteiger partial charge in [-0.05, 0) is 18.2 Å². The largest absolute Gasteiger partial charge is 0.497 e. The van der Waals surface area contributed by atoms with Gasteiger partial charge in [0.25, 0.3) is 0 Å². The van der Waals surface area contributed by atoms with Crippen LogP contribution in [0.1, 0.15) is 5.56 Å². The summed E-state index contributed by atoms with van der Waals surface area (Å²) in [5, 5.41) is 15.9. The average Bonchev–Trinajstić information content (AvgIpc) is 2.85. The van der Waals surface area contributed by atoms with Gasteiger partial charge in [0.05, 0.1) is 13.2 Å². The Morgan fingerprint density at radius 2 is 2.18 bits per heavy atom. The Morgan fingerprint density at radius 3 is 2.77 bits per heavy atom. The Kier molecular flexibility index (Phi) is 7.81. The van der Waals surface area contributed by atoms with Gasteiger partial charge in [0.1, 0.15) is 11.5 Å². The first-order valence-corrected chi connectivity index (χ1v) is 6.81. The number of halogens is 3. The van der Waals surface area contributed by atoms with E-state index in [9.17, 15) is 13.9 Å². The van der Waals surface area contributed by atoms with Crippen LogP contribution in [0.2, 0.25) is 0 Å². The van der Waals surface area contributed by atoms with Crippen LogP contribution in [0.5, 0.6) is 11.5 Å². The van der Waals surface area contributed by atoms with E-state index >= 15 is 0 Å². The molecule has 126 valence electrons. The lowest BCUT2D eigenvalue weighted by atomic mass is 10.1. The number of alkyl halides is 2. The average molecular weight is 339 g/mol. The third-order valence-corrected chi connectivity index (χ3v) is 3.51. The molecule has 1 fully saturated rings. The molecule has 3 N–H and O–H groups in total. The zero-order valence-corrected chi connectivity index (χ0v) is 13.0. The van der Waals surface area contributed by atoms with Gasteiger partial charge >= 0.3 is 6.61 Å². The molecular weight excluding hydrogens is 318 g/mol. The van der Waals surface area contributed by atoms with Crippen molar-refractivity contribution < 1.29 is 23.4 Å². The van der Waals surface area contributed by atoms with Crippen molar-refractivity contribution in [1.82, 2.24) is 10.6 Å². The molecule has 0 aliphatic carbocycles. The fourth-order valence-electron chi connectivity index (χ4n) is 2.35. The second kappa shape index (κ2) is 9.09. The van der Waals surface area contributed by atoms with Crippen molar-refractivity contribution in [3.63, 3.8) is 0 Å². The molecule has 0 radical (unpaired) electrons. The predicted octanol–water partition coefficient (Wildman–Crippen LogP) is 1.39. The summed E-state index contributed by atoms with van der Waals surface area (Å²) in [6.07, 6.45) is -0.375. The molecule has 5 nitrogen and oxygen atoms in total. The monoisotopic (exact) mass is 338 g/mol. The molecule has 1 saturated heterocycles. The van der Waals surface area contributed by atoms with Crippen molar-refractivity contribution in [2.24, 2.45) is 5.92 Å². The van der Waals surface area contributed by atoms with Crippen molar-refractivity contribution in [3.05, 3.63) is 23.8 Å². The first-order chi connectivity index (χ1) is 10.1. The molecular formula is C14H21ClF2N2O3. The molecule has 0 saturated carbocycles. The molecule has 22 heavy (non-hydrogen) atoms. The van der Waals surface area contributed by atoms with Crippen LogP contribution in [0.15, 0.2) is 18.2 Å². The number of aliphatic hydroxyl groups is 1. The van der Waals surface area contributed by atoms with Gasteiger partial charge in [0, 0.05) is 37.7 Å². The van der Waals surface area contributed by atoms with E-state index in [1.165, 1.54) is 13.2 Å².